The molecule has 0 atom stereocenters. The Hall–Kier alpha value is -3.07. The predicted octanol–water partition coefficient (Wildman–Crippen LogP) is 4.79. The van der Waals surface area contributed by atoms with Crippen LogP contribution in [0.4, 0.5) is 5.69 Å². The summed E-state index contributed by atoms with van der Waals surface area (Å²) < 4.78 is 0. The topological polar surface area (TPSA) is 41.1 Å². The van der Waals surface area contributed by atoms with Gasteiger partial charge in [0.15, 0.2) is 0 Å². The largest absolute Gasteiger partial charge is 0.381 e. The molecule has 0 aromatic heterocycles. The molecule has 3 rings (SSSR count). The van der Waals surface area contributed by atoms with Crippen LogP contribution < -0.4 is 10.6 Å². The van der Waals surface area contributed by atoms with Crippen molar-refractivity contribution in [3.8, 4) is 0 Å². The van der Waals surface area contributed by atoms with E-state index < -0.39 is 0 Å². The monoisotopic (exact) mass is 344 g/mol. The molecule has 3 heteroatoms. The number of hydrogen-bond donors (Lipinski definition) is 2. The van der Waals surface area contributed by atoms with Crippen LogP contribution in [0.2, 0.25) is 0 Å². The van der Waals surface area contributed by atoms with E-state index in [0.717, 1.165) is 23.2 Å². The normalized spacial score (nSPS) is 10.3. The summed E-state index contributed by atoms with van der Waals surface area (Å²) in [5, 5.41) is 6.45. The van der Waals surface area contributed by atoms with Crippen molar-refractivity contribution < 1.29 is 4.79 Å². The third-order valence-corrected chi connectivity index (χ3v) is 4.37. The number of carbonyl (C=O) groups excluding carboxylic acids is 1. The minimum absolute atomic E-state index is 0.0512. The van der Waals surface area contributed by atoms with E-state index >= 15 is 0 Å². The molecule has 0 fully saturated rings. The Morgan fingerprint density at radius 3 is 2.35 bits per heavy atom. The van der Waals surface area contributed by atoms with Crippen LogP contribution in [-0.2, 0) is 19.5 Å². The molecule has 0 spiro atoms. The number of carbonyl (C=O) groups is 1. The molecule has 0 aliphatic carbocycles. The minimum Gasteiger partial charge on any atom is -0.381 e. The van der Waals surface area contributed by atoms with Gasteiger partial charge in [0.05, 0.1) is 0 Å². The van der Waals surface area contributed by atoms with Gasteiger partial charge in [0, 0.05) is 24.3 Å². The van der Waals surface area contributed by atoms with Crippen molar-refractivity contribution in [3.63, 3.8) is 0 Å². The lowest BCUT2D eigenvalue weighted by atomic mass is 10.1. The Kier molecular flexibility index (Phi) is 6.05. The average Bonchev–Trinajstić information content (AvgIpc) is 2.71. The number of hydrogen-bond acceptors (Lipinski definition) is 2. The highest BCUT2D eigenvalue weighted by Gasteiger charge is 2.06. The van der Waals surface area contributed by atoms with Gasteiger partial charge in [-0.1, -0.05) is 67.6 Å². The van der Waals surface area contributed by atoms with E-state index in [2.05, 4.69) is 35.8 Å². The van der Waals surface area contributed by atoms with Gasteiger partial charge in [0.1, 0.15) is 0 Å². The van der Waals surface area contributed by atoms with Gasteiger partial charge in [-0.25, -0.2) is 0 Å². The number of anilines is 1. The third-order valence-electron chi connectivity index (χ3n) is 4.37. The van der Waals surface area contributed by atoms with Crippen LogP contribution in [0.25, 0.3) is 0 Å². The molecule has 0 saturated heterocycles. The zero-order valence-electron chi connectivity index (χ0n) is 15.0. The van der Waals surface area contributed by atoms with E-state index in [0.29, 0.717) is 18.7 Å². The molecule has 2 N–H and O–H groups in total. The van der Waals surface area contributed by atoms with Gasteiger partial charge in [-0.05, 0) is 41.3 Å². The van der Waals surface area contributed by atoms with Crippen LogP contribution in [0.1, 0.15) is 34.0 Å². The van der Waals surface area contributed by atoms with Gasteiger partial charge in [0.2, 0.25) is 0 Å². The second-order valence-corrected chi connectivity index (χ2v) is 6.23. The van der Waals surface area contributed by atoms with Gasteiger partial charge < -0.3 is 10.6 Å². The smallest absolute Gasteiger partial charge is 0.251 e. The van der Waals surface area contributed by atoms with E-state index in [1.807, 2.05) is 60.7 Å². The number of amides is 1. The number of aryl methyl sites for hydroxylation is 1. The molecule has 0 saturated carbocycles. The van der Waals surface area contributed by atoms with Gasteiger partial charge in [-0.3, -0.25) is 4.79 Å². The van der Waals surface area contributed by atoms with Gasteiger partial charge in [0.25, 0.3) is 5.91 Å². The van der Waals surface area contributed by atoms with Crippen molar-refractivity contribution >= 4 is 11.6 Å². The van der Waals surface area contributed by atoms with Gasteiger partial charge in [-0.2, -0.15) is 0 Å². The molecule has 0 bridgehead atoms. The molecule has 0 aliphatic heterocycles. The molecule has 3 nitrogen and oxygen atoms in total. The van der Waals surface area contributed by atoms with Crippen LogP contribution >= 0.6 is 0 Å². The van der Waals surface area contributed by atoms with Crippen molar-refractivity contribution in [1.29, 1.82) is 0 Å². The number of para-hydroxylation sites is 1. The number of benzene rings is 3. The maximum atomic E-state index is 12.4. The first-order valence-electron chi connectivity index (χ1n) is 8.99. The number of nitrogens with one attached hydrogen (secondary N) is 2. The van der Waals surface area contributed by atoms with Gasteiger partial charge >= 0.3 is 0 Å². The maximum Gasteiger partial charge on any atom is 0.251 e. The molecule has 1 amide bonds. The minimum atomic E-state index is -0.0512. The Labute approximate surface area is 155 Å². The SMILES string of the molecule is CCc1ccccc1NCc1cccc(C(=O)NCc2ccccc2)c1. The van der Waals surface area contributed by atoms with E-state index in [1.165, 1.54) is 5.56 Å². The Bertz CT molecular complexity index is 859. The highest BCUT2D eigenvalue weighted by molar-refractivity contribution is 5.94. The highest BCUT2D eigenvalue weighted by Crippen LogP contribution is 2.17. The summed E-state index contributed by atoms with van der Waals surface area (Å²) >= 11 is 0. The van der Waals surface area contributed by atoms with Gasteiger partial charge in [-0.15, -0.1) is 0 Å². The van der Waals surface area contributed by atoms with Crippen molar-refractivity contribution in [2.75, 3.05) is 5.32 Å². The van der Waals surface area contributed by atoms with E-state index in [4.69, 9.17) is 0 Å². The van der Waals surface area contributed by atoms with Crippen LogP contribution in [0.5, 0.6) is 0 Å². The number of rotatable bonds is 7. The summed E-state index contributed by atoms with van der Waals surface area (Å²) in [6, 6.07) is 26.0. The molecular formula is C23H24N2O. The fourth-order valence-electron chi connectivity index (χ4n) is 2.90. The molecule has 0 heterocycles. The lowest BCUT2D eigenvalue weighted by Gasteiger charge is -2.12. The summed E-state index contributed by atoms with van der Waals surface area (Å²) in [7, 11) is 0. The Balaban J connectivity index is 1.61. The first-order valence-corrected chi connectivity index (χ1v) is 8.99. The van der Waals surface area contributed by atoms with Crippen molar-refractivity contribution in [3.05, 3.63) is 101 Å². The lowest BCUT2D eigenvalue weighted by Crippen LogP contribution is -2.22. The molecular weight excluding hydrogens is 320 g/mol. The van der Waals surface area contributed by atoms with Crippen LogP contribution in [0.15, 0.2) is 78.9 Å². The Morgan fingerprint density at radius 1 is 0.808 bits per heavy atom. The maximum absolute atomic E-state index is 12.4. The van der Waals surface area contributed by atoms with Crippen LogP contribution in [-0.4, -0.2) is 5.91 Å². The molecule has 3 aromatic carbocycles. The van der Waals surface area contributed by atoms with Crippen LogP contribution in [0.3, 0.4) is 0 Å². The average molecular weight is 344 g/mol. The first-order chi connectivity index (χ1) is 12.8. The summed E-state index contributed by atoms with van der Waals surface area (Å²) in [5.41, 5.74) is 5.31. The van der Waals surface area contributed by atoms with Crippen molar-refractivity contribution in [2.24, 2.45) is 0 Å². The van der Waals surface area contributed by atoms with Crippen molar-refractivity contribution in [1.82, 2.24) is 5.32 Å². The fraction of sp³-hybridized carbons (Fsp3) is 0.174. The third kappa shape index (κ3) is 4.73. The van der Waals surface area contributed by atoms with E-state index in [-0.39, 0.29) is 5.91 Å². The molecule has 0 aliphatic rings. The molecule has 26 heavy (non-hydrogen) atoms. The molecule has 3 aromatic rings. The summed E-state index contributed by atoms with van der Waals surface area (Å²) in [5.74, 6) is -0.0512. The Morgan fingerprint density at radius 2 is 1.54 bits per heavy atom. The zero-order chi connectivity index (χ0) is 18.2. The lowest BCUT2D eigenvalue weighted by molar-refractivity contribution is 0.0951. The second-order valence-electron chi connectivity index (χ2n) is 6.23. The standard InChI is InChI=1S/C23H24N2O/c1-2-20-12-6-7-14-22(20)24-17-19-11-8-13-21(15-19)23(26)25-16-18-9-4-3-5-10-18/h3-15,24H,2,16-17H2,1H3,(H,25,26). The predicted molar refractivity (Wildman–Crippen MR) is 107 cm³/mol. The van der Waals surface area contributed by atoms with E-state index in [1.54, 1.807) is 0 Å². The summed E-state index contributed by atoms with van der Waals surface area (Å²) in [4.78, 5) is 12.4. The highest BCUT2D eigenvalue weighted by atomic mass is 16.1. The quantitative estimate of drug-likeness (QED) is 0.647. The summed E-state index contributed by atoms with van der Waals surface area (Å²) in [6.45, 7) is 3.38. The second kappa shape index (κ2) is 8.86. The molecule has 0 unspecified atom stereocenters. The van der Waals surface area contributed by atoms with E-state index in [9.17, 15) is 4.79 Å². The van der Waals surface area contributed by atoms with Crippen molar-refractivity contribution in [2.45, 2.75) is 26.4 Å². The molecule has 0 radical (unpaired) electrons. The zero-order valence-corrected chi connectivity index (χ0v) is 15.0. The fourth-order valence-corrected chi connectivity index (χ4v) is 2.90. The van der Waals surface area contributed by atoms with Crippen LogP contribution in [0, 0.1) is 0 Å². The summed E-state index contributed by atoms with van der Waals surface area (Å²) in [6.07, 6.45) is 0.991. The first kappa shape index (κ1) is 17.7. The molecule has 132 valence electrons.